The number of nitrogens with zero attached hydrogens (tertiary/aromatic N) is 3. The van der Waals surface area contributed by atoms with Crippen molar-refractivity contribution in [2.75, 3.05) is 0 Å². The first-order valence-electron chi connectivity index (χ1n) is 4.58. The minimum absolute atomic E-state index is 0.285. The average molecular weight is 219 g/mol. The molecular formula is C10H9N3O3. The van der Waals surface area contributed by atoms with Crippen LogP contribution in [-0.4, -0.2) is 31.2 Å². The Morgan fingerprint density at radius 3 is 2.56 bits per heavy atom. The summed E-state index contributed by atoms with van der Waals surface area (Å²) in [5.41, 5.74) is 0.468. The van der Waals surface area contributed by atoms with Gasteiger partial charge in [0.05, 0.1) is 6.54 Å². The van der Waals surface area contributed by atoms with Gasteiger partial charge in [0.1, 0.15) is 0 Å². The van der Waals surface area contributed by atoms with Crippen LogP contribution in [0, 0.1) is 0 Å². The average Bonchev–Trinajstić information content (AvgIpc) is 2.62. The molecule has 0 aliphatic carbocycles. The van der Waals surface area contributed by atoms with E-state index in [-0.39, 0.29) is 6.54 Å². The molecule has 2 N–H and O–H groups in total. The van der Waals surface area contributed by atoms with E-state index in [0.717, 1.165) is 10.2 Å². The molecule has 1 aromatic carbocycles. The van der Waals surface area contributed by atoms with Gasteiger partial charge in [0.2, 0.25) is 11.6 Å². The van der Waals surface area contributed by atoms with E-state index in [1.165, 1.54) is 0 Å². The maximum Gasteiger partial charge on any atom is 0.362 e. The first-order valence-corrected chi connectivity index (χ1v) is 4.58. The Morgan fingerprint density at radius 2 is 2.00 bits per heavy atom. The van der Waals surface area contributed by atoms with Crippen LogP contribution in [0.4, 0.5) is 0 Å². The predicted molar refractivity (Wildman–Crippen MR) is 54.2 cm³/mol. The van der Waals surface area contributed by atoms with E-state index in [9.17, 15) is 9.90 Å². The molecule has 0 atom stereocenters. The highest BCUT2D eigenvalue weighted by Gasteiger charge is 2.17. The van der Waals surface area contributed by atoms with E-state index in [1.807, 2.05) is 30.3 Å². The molecule has 0 saturated carbocycles. The number of aromatic nitrogens is 3. The van der Waals surface area contributed by atoms with Gasteiger partial charge in [-0.3, -0.25) is 0 Å². The topological polar surface area (TPSA) is 88.2 Å². The van der Waals surface area contributed by atoms with Gasteiger partial charge in [0.15, 0.2) is 0 Å². The van der Waals surface area contributed by atoms with E-state index in [2.05, 4.69) is 10.3 Å². The lowest BCUT2D eigenvalue weighted by Gasteiger charge is -2.01. The van der Waals surface area contributed by atoms with E-state index in [0.29, 0.717) is 0 Å². The minimum atomic E-state index is -1.29. The Hall–Kier alpha value is -2.37. The lowest BCUT2D eigenvalue weighted by Crippen LogP contribution is -2.01. The molecule has 2 aromatic rings. The second kappa shape index (κ2) is 4.01. The van der Waals surface area contributed by atoms with Crippen LogP contribution < -0.4 is 0 Å². The number of aromatic hydroxyl groups is 1. The minimum Gasteiger partial charge on any atom is -0.492 e. The standard InChI is InChI=1S/C10H9N3O3/c14-9-8(10(15)16)11-12-13(9)6-7-4-2-1-3-5-7/h1-5,14H,6H2,(H,15,16). The summed E-state index contributed by atoms with van der Waals surface area (Å²) in [6.45, 7) is 0.285. The summed E-state index contributed by atoms with van der Waals surface area (Å²) in [5.74, 6) is -1.73. The molecule has 0 aliphatic rings. The molecule has 0 radical (unpaired) electrons. The third-order valence-electron chi connectivity index (χ3n) is 2.09. The highest BCUT2D eigenvalue weighted by Crippen LogP contribution is 2.14. The van der Waals surface area contributed by atoms with Crippen molar-refractivity contribution >= 4 is 5.97 Å². The van der Waals surface area contributed by atoms with Crippen LogP contribution >= 0.6 is 0 Å². The molecular weight excluding hydrogens is 210 g/mol. The summed E-state index contributed by atoms with van der Waals surface area (Å²) in [7, 11) is 0. The van der Waals surface area contributed by atoms with Gasteiger partial charge in [0.25, 0.3) is 0 Å². The van der Waals surface area contributed by atoms with E-state index in [4.69, 9.17) is 5.11 Å². The molecule has 0 bridgehead atoms. The van der Waals surface area contributed by atoms with Crippen molar-refractivity contribution in [1.82, 2.24) is 15.0 Å². The summed E-state index contributed by atoms with van der Waals surface area (Å²) < 4.78 is 1.14. The molecule has 6 heteroatoms. The molecule has 1 aromatic heterocycles. The molecule has 0 spiro atoms. The first-order chi connectivity index (χ1) is 7.68. The molecule has 0 fully saturated rings. The number of benzene rings is 1. The van der Waals surface area contributed by atoms with Gasteiger partial charge in [-0.15, -0.1) is 5.10 Å². The summed E-state index contributed by atoms with van der Waals surface area (Å²) in [5, 5.41) is 25.1. The zero-order chi connectivity index (χ0) is 11.5. The van der Waals surface area contributed by atoms with Crippen LogP contribution in [0.5, 0.6) is 5.88 Å². The van der Waals surface area contributed by atoms with Crippen molar-refractivity contribution in [2.45, 2.75) is 6.54 Å². The van der Waals surface area contributed by atoms with E-state index in [1.54, 1.807) is 0 Å². The summed E-state index contributed by atoms with van der Waals surface area (Å²) >= 11 is 0. The number of hydrogen-bond donors (Lipinski definition) is 2. The monoisotopic (exact) mass is 219 g/mol. The SMILES string of the molecule is O=C(O)c1nnn(Cc2ccccc2)c1O. The van der Waals surface area contributed by atoms with Crippen molar-refractivity contribution in [3.63, 3.8) is 0 Å². The largest absolute Gasteiger partial charge is 0.492 e. The lowest BCUT2D eigenvalue weighted by molar-refractivity contribution is 0.0687. The maximum atomic E-state index is 10.6. The highest BCUT2D eigenvalue weighted by atomic mass is 16.4. The summed E-state index contributed by atoms with van der Waals surface area (Å²) in [4.78, 5) is 10.6. The van der Waals surface area contributed by atoms with E-state index >= 15 is 0 Å². The van der Waals surface area contributed by atoms with E-state index < -0.39 is 17.5 Å². The molecule has 0 amide bonds. The Labute approximate surface area is 90.8 Å². The van der Waals surface area contributed by atoms with Gasteiger partial charge >= 0.3 is 5.97 Å². The fourth-order valence-electron chi connectivity index (χ4n) is 1.31. The van der Waals surface area contributed by atoms with Gasteiger partial charge in [-0.25, -0.2) is 9.48 Å². The van der Waals surface area contributed by atoms with Crippen LogP contribution in [0.1, 0.15) is 16.1 Å². The van der Waals surface area contributed by atoms with Crippen LogP contribution in [0.2, 0.25) is 0 Å². The van der Waals surface area contributed by atoms with Gasteiger partial charge in [-0.2, -0.15) is 0 Å². The summed E-state index contributed by atoms with van der Waals surface area (Å²) in [6, 6.07) is 9.26. The normalized spacial score (nSPS) is 10.2. The van der Waals surface area contributed by atoms with Crippen LogP contribution in [0.15, 0.2) is 30.3 Å². The molecule has 1 heterocycles. The lowest BCUT2D eigenvalue weighted by atomic mass is 10.2. The number of carboxylic acid groups (broad SMARTS) is 1. The molecule has 16 heavy (non-hydrogen) atoms. The van der Waals surface area contributed by atoms with Crippen LogP contribution in [-0.2, 0) is 6.54 Å². The number of carbonyl (C=O) groups is 1. The molecule has 0 unspecified atom stereocenters. The fourth-order valence-corrected chi connectivity index (χ4v) is 1.31. The molecule has 0 aliphatic heterocycles. The van der Waals surface area contributed by atoms with Crippen molar-refractivity contribution in [2.24, 2.45) is 0 Å². The molecule has 82 valence electrons. The smallest absolute Gasteiger partial charge is 0.362 e. The fraction of sp³-hybridized carbons (Fsp3) is 0.100. The quantitative estimate of drug-likeness (QED) is 0.794. The van der Waals surface area contributed by atoms with Gasteiger partial charge in [-0.05, 0) is 5.56 Å². The van der Waals surface area contributed by atoms with Crippen molar-refractivity contribution in [3.05, 3.63) is 41.6 Å². The van der Waals surface area contributed by atoms with Gasteiger partial charge in [-0.1, -0.05) is 35.5 Å². The summed E-state index contributed by atoms with van der Waals surface area (Å²) in [6.07, 6.45) is 0. The second-order valence-electron chi connectivity index (χ2n) is 3.21. The van der Waals surface area contributed by atoms with Gasteiger partial charge in [0, 0.05) is 0 Å². The van der Waals surface area contributed by atoms with Gasteiger partial charge < -0.3 is 10.2 Å². The van der Waals surface area contributed by atoms with Crippen molar-refractivity contribution < 1.29 is 15.0 Å². The zero-order valence-corrected chi connectivity index (χ0v) is 8.24. The number of hydrogen-bond acceptors (Lipinski definition) is 4. The Balaban J connectivity index is 2.26. The Bertz CT molecular complexity index is 507. The number of carboxylic acids is 1. The Morgan fingerprint density at radius 1 is 1.31 bits per heavy atom. The Kier molecular flexibility index (Phi) is 2.55. The highest BCUT2D eigenvalue weighted by molar-refractivity contribution is 5.87. The van der Waals surface area contributed by atoms with Crippen LogP contribution in [0.25, 0.3) is 0 Å². The van der Waals surface area contributed by atoms with Crippen molar-refractivity contribution in [1.29, 1.82) is 0 Å². The maximum absolute atomic E-state index is 10.6. The second-order valence-corrected chi connectivity index (χ2v) is 3.21. The van der Waals surface area contributed by atoms with Crippen LogP contribution in [0.3, 0.4) is 0 Å². The third kappa shape index (κ3) is 1.85. The molecule has 2 rings (SSSR count). The first kappa shape index (κ1) is 10.2. The molecule has 6 nitrogen and oxygen atoms in total. The predicted octanol–water partition coefficient (Wildman–Crippen LogP) is 0.730. The van der Waals surface area contributed by atoms with Crippen molar-refractivity contribution in [3.8, 4) is 5.88 Å². The number of rotatable bonds is 3. The number of aromatic carboxylic acids is 1. The third-order valence-corrected chi connectivity index (χ3v) is 2.09. The molecule has 0 saturated heterocycles. The zero-order valence-electron chi connectivity index (χ0n) is 8.24.